The van der Waals surface area contributed by atoms with Gasteiger partial charge < -0.3 is 10.2 Å². The lowest BCUT2D eigenvalue weighted by atomic mass is 10.2. The molecule has 0 aliphatic heterocycles. The number of nitro groups is 1. The Labute approximate surface area is 117 Å². The van der Waals surface area contributed by atoms with Crippen LogP contribution in [-0.2, 0) is 0 Å². The van der Waals surface area contributed by atoms with Crippen LogP contribution >= 0.6 is 0 Å². The van der Waals surface area contributed by atoms with Crippen molar-refractivity contribution in [2.24, 2.45) is 5.92 Å². The number of rotatable bonds is 6. The standard InChI is InChI=1S/C12H18N6O2/c1-5-14-12-15-9(3)10(18(19)20)11(16-12)17(4)7-8(2)6-13/h8H,5,7H2,1-4H3,(H,14,15,16). The molecule has 0 saturated heterocycles. The molecule has 0 radical (unpaired) electrons. The second-order valence-corrected chi connectivity index (χ2v) is 4.50. The molecule has 0 saturated carbocycles. The average Bonchev–Trinajstić information content (AvgIpc) is 2.37. The minimum absolute atomic E-state index is 0.126. The van der Waals surface area contributed by atoms with Gasteiger partial charge >= 0.3 is 5.69 Å². The van der Waals surface area contributed by atoms with E-state index in [0.29, 0.717) is 24.7 Å². The number of anilines is 2. The number of nitrogens with zero attached hydrogens (tertiary/aromatic N) is 5. The van der Waals surface area contributed by atoms with Crippen LogP contribution in [0.15, 0.2) is 0 Å². The Bertz CT molecular complexity index is 539. The Balaban J connectivity index is 3.26. The molecule has 1 atom stereocenters. The van der Waals surface area contributed by atoms with Crippen molar-refractivity contribution < 1.29 is 4.92 Å². The summed E-state index contributed by atoms with van der Waals surface area (Å²) in [5.41, 5.74) is 0.173. The van der Waals surface area contributed by atoms with Gasteiger partial charge in [0.15, 0.2) is 0 Å². The minimum Gasteiger partial charge on any atom is -0.354 e. The van der Waals surface area contributed by atoms with Gasteiger partial charge in [0.2, 0.25) is 11.8 Å². The molecular formula is C12H18N6O2. The lowest BCUT2D eigenvalue weighted by molar-refractivity contribution is -0.385. The molecule has 1 unspecified atom stereocenters. The lowest BCUT2D eigenvalue weighted by Crippen LogP contribution is -2.26. The van der Waals surface area contributed by atoms with Gasteiger partial charge in [-0.2, -0.15) is 10.2 Å². The largest absolute Gasteiger partial charge is 0.354 e. The first kappa shape index (κ1) is 15.6. The summed E-state index contributed by atoms with van der Waals surface area (Å²) in [6, 6.07) is 2.10. The highest BCUT2D eigenvalue weighted by atomic mass is 16.6. The van der Waals surface area contributed by atoms with Gasteiger partial charge in [0.1, 0.15) is 5.69 Å². The maximum atomic E-state index is 11.2. The van der Waals surface area contributed by atoms with Crippen LogP contribution in [0.4, 0.5) is 17.5 Å². The van der Waals surface area contributed by atoms with Gasteiger partial charge in [-0.3, -0.25) is 10.1 Å². The van der Waals surface area contributed by atoms with E-state index in [1.807, 2.05) is 6.92 Å². The summed E-state index contributed by atoms with van der Waals surface area (Å²) in [4.78, 5) is 20.6. The van der Waals surface area contributed by atoms with Crippen LogP contribution < -0.4 is 10.2 Å². The summed E-state index contributed by atoms with van der Waals surface area (Å²) < 4.78 is 0. The summed E-state index contributed by atoms with van der Waals surface area (Å²) in [5, 5.41) is 23.0. The minimum atomic E-state index is -0.492. The third kappa shape index (κ3) is 3.54. The summed E-state index contributed by atoms with van der Waals surface area (Å²) in [6.45, 7) is 6.20. The first-order valence-electron chi connectivity index (χ1n) is 6.28. The molecule has 0 aliphatic rings. The van der Waals surface area contributed by atoms with E-state index >= 15 is 0 Å². The van der Waals surface area contributed by atoms with Crippen molar-refractivity contribution in [3.63, 3.8) is 0 Å². The van der Waals surface area contributed by atoms with Gasteiger partial charge in [0.25, 0.3) is 0 Å². The molecule has 0 amide bonds. The van der Waals surface area contributed by atoms with E-state index in [9.17, 15) is 10.1 Å². The van der Waals surface area contributed by atoms with E-state index in [4.69, 9.17) is 5.26 Å². The van der Waals surface area contributed by atoms with Crippen molar-refractivity contribution in [2.45, 2.75) is 20.8 Å². The molecule has 0 bridgehead atoms. The third-order valence-electron chi connectivity index (χ3n) is 2.69. The van der Waals surface area contributed by atoms with Crippen molar-refractivity contribution in [2.75, 3.05) is 30.4 Å². The van der Waals surface area contributed by atoms with Gasteiger partial charge in [-0.05, 0) is 20.8 Å². The van der Waals surface area contributed by atoms with Crippen molar-refractivity contribution >= 4 is 17.5 Å². The van der Waals surface area contributed by atoms with E-state index in [1.54, 1.807) is 25.8 Å². The Hall–Kier alpha value is -2.43. The zero-order chi connectivity index (χ0) is 15.3. The molecule has 1 heterocycles. The Kier molecular flexibility index (Phi) is 5.20. The van der Waals surface area contributed by atoms with Gasteiger partial charge in [0.05, 0.1) is 16.9 Å². The number of nitrogens with one attached hydrogen (secondary N) is 1. The SMILES string of the molecule is CCNc1nc(C)c([N+](=O)[O-])c(N(C)CC(C)C#N)n1. The summed E-state index contributed by atoms with van der Waals surface area (Å²) >= 11 is 0. The number of hydrogen-bond acceptors (Lipinski definition) is 7. The summed E-state index contributed by atoms with van der Waals surface area (Å²) in [6.07, 6.45) is 0. The van der Waals surface area contributed by atoms with Crippen molar-refractivity contribution in [1.82, 2.24) is 9.97 Å². The first-order chi connectivity index (χ1) is 9.40. The third-order valence-corrected chi connectivity index (χ3v) is 2.69. The maximum absolute atomic E-state index is 11.2. The van der Waals surface area contributed by atoms with Crippen molar-refractivity contribution in [3.05, 3.63) is 15.8 Å². The van der Waals surface area contributed by atoms with Crippen LogP contribution in [0.3, 0.4) is 0 Å². The fourth-order valence-electron chi connectivity index (χ4n) is 1.81. The van der Waals surface area contributed by atoms with Crippen LogP contribution in [0.1, 0.15) is 19.5 Å². The second kappa shape index (κ2) is 6.65. The fraction of sp³-hybridized carbons (Fsp3) is 0.583. The predicted octanol–water partition coefficient (Wildman–Crippen LogP) is 1.72. The Morgan fingerprint density at radius 1 is 1.55 bits per heavy atom. The molecule has 0 fully saturated rings. The van der Waals surface area contributed by atoms with E-state index < -0.39 is 4.92 Å². The van der Waals surface area contributed by atoms with E-state index in [1.165, 1.54) is 0 Å². The highest BCUT2D eigenvalue weighted by Gasteiger charge is 2.25. The first-order valence-corrected chi connectivity index (χ1v) is 6.28. The van der Waals surface area contributed by atoms with E-state index in [2.05, 4.69) is 21.4 Å². The summed E-state index contributed by atoms with van der Waals surface area (Å²) in [5.74, 6) is 0.320. The fourth-order valence-corrected chi connectivity index (χ4v) is 1.81. The van der Waals surface area contributed by atoms with Crippen LogP contribution in [0, 0.1) is 34.3 Å². The highest BCUT2D eigenvalue weighted by molar-refractivity contribution is 5.62. The maximum Gasteiger partial charge on any atom is 0.332 e. The average molecular weight is 278 g/mol. The number of hydrogen-bond donors (Lipinski definition) is 1. The number of aryl methyl sites for hydroxylation is 1. The molecule has 1 rings (SSSR count). The Morgan fingerprint density at radius 2 is 2.20 bits per heavy atom. The number of nitriles is 1. The second-order valence-electron chi connectivity index (χ2n) is 4.50. The lowest BCUT2D eigenvalue weighted by Gasteiger charge is -2.20. The molecule has 108 valence electrons. The Morgan fingerprint density at radius 3 is 2.70 bits per heavy atom. The van der Waals surface area contributed by atoms with Crippen LogP contribution in [0.5, 0.6) is 0 Å². The van der Waals surface area contributed by atoms with E-state index in [0.717, 1.165) is 0 Å². The number of aromatic nitrogens is 2. The molecule has 1 N–H and O–H groups in total. The monoisotopic (exact) mass is 278 g/mol. The van der Waals surface area contributed by atoms with Gasteiger partial charge in [-0.1, -0.05) is 0 Å². The van der Waals surface area contributed by atoms with E-state index in [-0.39, 0.29) is 17.4 Å². The zero-order valence-corrected chi connectivity index (χ0v) is 12.0. The molecule has 0 spiro atoms. The topological polar surface area (TPSA) is 108 Å². The molecular weight excluding hydrogens is 260 g/mol. The molecule has 8 nitrogen and oxygen atoms in total. The molecule has 1 aromatic heterocycles. The van der Waals surface area contributed by atoms with Gasteiger partial charge in [-0.25, -0.2) is 4.98 Å². The van der Waals surface area contributed by atoms with Crippen LogP contribution in [-0.4, -0.2) is 35.0 Å². The molecule has 0 aliphatic carbocycles. The zero-order valence-electron chi connectivity index (χ0n) is 12.0. The predicted molar refractivity (Wildman–Crippen MR) is 75.6 cm³/mol. The van der Waals surface area contributed by atoms with Gasteiger partial charge in [-0.15, -0.1) is 0 Å². The van der Waals surface area contributed by atoms with Crippen molar-refractivity contribution in [1.29, 1.82) is 5.26 Å². The molecule has 8 heteroatoms. The smallest absolute Gasteiger partial charge is 0.332 e. The summed E-state index contributed by atoms with van der Waals surface area (Å²) in [7, 11) is 1.68. The quantitative estimate of drug-likeness (QED) is 0.623. The van der Waals surface area contributed by atoms with Crippen LogP contribution in [0.2, 0.25) is 0 Å². The normalized spacial score (nSPS) is 11.6. The van der Waals surface area contributed by atoms with Gasteiger partial charge in [0, 0.05) is 20.1 Å². The highest BCUT2D eigenvalue weighted by Crippen LogP contribution is 2.29. The molecule has 1 aromatic rings. The van der Waals surface area contributed by atoms with Crippen molar-refractivity contribution in [3.8, 4) is 6.07 Å². The molecule has 0 aromatic carbocycles. The van der Waals surface area contributed by atoms with Crippen LogP contribution in [0.25, 0.3) is 0 Å². The molecule has 20 heavy (non-hydrogen) atoms.